The van der Waals surface area contributed by atoms with E-state index >= 15 is 0 Å². The lowest BCUT2D eigenvalue weighted by Crippen LogP contribution is -3.11. The van der Waals surface area contributed by atoms with Gasteiger partial charge in [0.1, 0.15) is 0 Å². The fraction of sp³-hybridized carbons (Fsp3) is 0.467. The summed E-state index contributed by atoms with van der Waals surface area (Å²) in [6.07, 6.45) is 0. The summed E-state index contributed by atoms with van der Waals surface area (Å²) in [5.41, 5.74) is 1.99. The summed E-state index contributed by atoms with van der Waals surface area (Å²) in [6.45, 7) is 10.0. The number of carbonyl (C=O) groups excluding carboxylic acids is 1. The Bertz CT molecular complexity index is 587. The molecule has 0 radical (unpaired) electrons. The first-order valence-corrected chi connectivity index (χ1v) is 7.22. The molecule has 0 aliphatic rings. The van der Waals surface area contributed by atoms with Gasteiger partial charge in [-0.3, -0.25) is 10.1 Å². The van der Waals surface area contributed by atoms with E-state index in [4.69, 9.17) is 0 Å². The van der Waals surface area contributed by atoms with E-state index in [2.05, 4.69) is 28.7 Å². The van der Waals surface area contributed by atoms with Crippen LogP contribution in [0.3, 0.4) is 0 Å². The molecule has 5 nitrogen and oxygen atoms in total. The number of nitrogens with one attached hydrogen (secondary N) is 2. The number of rotatable bonds is 6. The molecule has 0 spiro atoms. The van der Waals surface area contributed by atoms with E-state index in [1.807, 2.05) is 24.3 Å². The second-order valence-electron chi connectivity index (χ2n) is 4.96. The summed E-state index contributed by atoms with van der Waals surface area (Å²) in [5, 5.41) is 2.83. The summed E-state index contributed by atoms with van der Waals surface area (Å²) in [4.78, 5) is 17.4. The average Bonchev–Trinajstić information content (AvgIpc) is 2.77. The van der Waals surface area contributed by atoms with Gasteiger partial charge in [0.2, 0.25) is 11.9 Å². The Morgan fingerprint density at radius 3 is 2.65 bits per heavy atom. The highest BCUT2D eigenvalue weighted by Gasteiger charge is 2.13. The van der Waals surface area contributed by atoms with Gasteiger partial charge >= 0.3 is 0 Å². The molecule has 0 bridgehead atoms. The molecule has 0 fully saturated rings. The van der Waals surface area contributed by atoms with Crippen LogP contribution in [-0.2, 0) is 11.3 Å². The maximum Gasteiger partial charge on any atom is 0.223 e. The number of anilines is 1. The van der Waals surface area contributed by atoms with E-state index in [9.17, 15) is 4.79 Å². The van der Waals surface area contributed by atoms with Crippen molar-refractivity contribution in [2.75, 3.05) is 25.0 Å². The lowest BCUT2D eigenvalue weighted by molar-refractivity contribution is -0.897. The fourth-order valence-electron chi connectivity index (χ4n) is 2.43. The van der Waals surface area contributed by atoms with Gasteiger partial charge in [0.25, 0.3) is 0 Å². The van der Waals surface area contributed by atoms with Crippen LogP contribution < -0.4 is 10.2 Å². The van der Waals surface area contributed by atoms with Gasteiger partial charge in [-0.05, 0) is 26.0 Å². The van der Waals surface area contributed by atoms with Gasteiger partial charge in [0.05, 0.1) is 37.2 Å². The van der Waals surface area contributed by atoms with Gasteiger partial charge in [-0.2, -0.15) is 0 Å². The highest BCUT2D eigenvalue weighted by molar-refractivity contribution is 5.89. The molecule has 108 valence electrons. The number of nitrogens with zero attached hydrogens (tertiary/aromatic N) is 2. The molecule has 0 saturated carbocycles. The minimum absolute atomic E-state index is 0.0863. The number of quaternary nitrogens is 1. The van der Waals surface area contributed by atoms with Crippen molar-refractivity contribution >= 4 is 22.9 Å². The Morgan fingerprint density at radius 1 is 1.30 bits per heavy atom. The number of benzene rings is 1. The summed E-state index contributed by atoms with van der Waals surface area (Å²) >= 11 is 0. The number of fused-ring (bicyclic) bond motifs is 1. The molecule has 20 heavy (non-hydrogen) atoms. The van der Waals surface area contributed by atoms with Crippen LogP contribution in [0.1, 0.15) is 20.8 Å². The monoisotopic (exact) mass is 275 g/mol. The number of imidazole rings is 1. The molecule has 0 saturated heterocycles. The minimum atomic E-state index is -0.0863. The summed E-state index contributed by atoms with van der Waals surface area (Å²) < 4.78 is 2.10. The van der Waals surface area contributed by atoms with Crippen molar-refractivity contribution in [3.63, 3.8) is 0 Å². The SMILES string of the molecule is CC[NH+](CC)CCn1c(NC(C)=O)nc2ccccc21. The molecule has 2 rings (SSSR count). The van der Waals surface area contributed by atoms with E-state index in [0.29, 0.717) is 5.95 Å². The molecule has 1 heterocycles. The van der Waals surface area contributed by atoms with Crippen molar-refractivity contribution in [3.05, 3.63) is 24.3 Å². The van der Waals surface area contributed by atoms with Crippen molar-refractivity contribution in [1.29, 1.82) is 0 Å². The number of para-hydroxylation sites is 2. The lowest BCUT2D eigenvalue weighted by atomic mass is 10.3. The summed E-state index contributed by atoms with van der Waals surface area (Å²) in [6, 6.07) is 7.99. The van der Waals surface area contributed by atoms with Gasteiger partial charge in [0.15, 0.2) is 0 Å². The maximum atomic E-state index is 11.3. The van der Waals surface area contributed by atoms with Crippen LogP contribution in [0.15, 0.2) is 24.3 Å². The van der Waals surface area contributed by atoms with Crippen LogP contribution in [0.5, 0.6) is 0 Å². The molecular formula is C15H23N4O+. The molecule has 1 aromatic carbocycles. The van der Waals surface area contributed by atoms with E-state index < -0.39 is 0 Å². The topological polar surface area (TPSA) is 51.4 Å². The molecule has 0 unspecified atom stereocenters. The van der Waals surface area contributed by atoms with Gasteiger partial charge < -0.3 is 9.47 Å². The second-order valence-corrected chi connectivity index (χ2v) is 4.96. The Labute approximate surface area is 119 Å². The lowest BCUT2D eigenvalue weighted by Gasteiger charge is -2.16. The first kappa shape index (κ1) is 14.5. The number of aromatic nitrogens is 2. The second kappa shape index (κ2) is 6.52. The molecule has 5 heteroatoms. The molecule has 0 atom stereocenters. The Hall–Kier alpha value is -1.88. The zero-order valence-electron chi connectivity index (χ0n) is 12.4. The first-order valence-electron chi connectivity index (χ1n) is 7.22. The van der Waals surface area contributed by atoms with Crippen molar-refractivity contribution in [1.82, 2.24) is 9.55 Å². The van der Waals surface area contributed by atoms with Crippen molar-refractivity contribution < 1.29 is 9.69 Å². The highest BCUT2D eigenvalue weighted by Crippen LogP contribution is 2.18. The number of likely N-dealkylation sites (N-methyl/N-ethyl adjacent to an activating group) is 1. The third-order valence-electron chi connectivity index (χ3n) is 3.63. The summed E-state index contributed by atoms with van der Waals surface area (Å²) in [5.74, 6) is 0.557. The van der Waals surface area contributed by atoms with Gasteiger partial charge in [-0.1, -0.05) is 12.1 Å². The van der Waals surface area contributed by atoms with Gasteiger partial charge in [-0.15, -0.1) is 0 Å². The van der Waals surface area contributed by atoms with Gasteiger partial charge in [0, 0.05) is 6.92 Å². The molecule has 0 aliphatic heterocycles. The van der Waals surface area contributed by atoms with Crippen LogP contribution in [0.4, 0.5) is 5.95 Å². The highest BCUT2D eigenvalue weighted by atomic mass is 16.1. The van der Waals surface area contributed by atoms with E-state index in [-0.39, 0.29) is 5.91 Å². The quantitative estimate of drug-likeness (QED) is 0.823. The van der Waals surface area contributed by atoms with Crippen molar-refractivity contribution in [2.24, 2.45) is 0 Å². The van der Waals surface area contributed by atoms with E-state index in [1.54, 1.807) is 0 Å². The van der Waals surface area contributed by atoms with Crippen LogP contribution in [0, 0.1) is 0 Å². The Kier molecular flexibility index (Phi) is 4.74. The van der Waals surface area contributed by atoms with Crippen LogP contribution >= 0.6 is 0 Å². The predicted molar refractivity (Wildman–Crippen MR) is 80.9 cm³/mol. The van der Waals surface area contributed by atoms with Crippen LogP contribution in [-0.4, -0.2) is 35.1 Å². The zero-order chi connectivity index (χ0) is 14.5. The van der Waals surface area contributed by atoms with E-state index in [1.165, 1.54) is 11.8 Å². The fourth-order valence-corrected chi connectivity index (χ4v) is 2.43. The van der Waals surface area contributed by atoms with Crippen LogP contribution in [0.2, 0.25) is 0 Å². The molecular weight excluding hydrogens is 252 g/mol. The molecule has 0 aliphatic carbocycles. The first-order chi connectivity index (χ1) is 9.65. The normalized spacial score (nSPS) is 11.2. The number of carbonyl (C=O) groups is 1. The summed E-state index contributed by atoms with van der Waals surface area (Å²) in [7, 11) is 0. The van der Waals surface area contributed by atoms with Crippen LogP contribution in [0.25, 0.3) is 11.0 Å². The standard InChI is InChI=1S/C15H22N4O/c1-4-18(5-2)10-11-19-14-9-7-6-8-13(14)17-15(19)16-12(3)20/h6-9H,4-5,10-11H2,1-3H3,(H,16,17,20)/p+1. The molecule has 2 N–H and O–H groups in total. The zero-order valence-corrected chi connectivity index (χ0v) is 12.4. The number of hydrogen-bond acceptors (Lipinski definition) is 2. The predicted octanol–water partition coefficient (Wildman–Crippen LogP) is 0.919. The largest absolute Gasteiger partial charge is 0.334 e. The minimum Gasteiger partial charge on any atom is -0.334 e. The number of hydrogen-bond donors (Lipinski definition) is 2. The average molecular weight is 275 g/mol. The smallest absolute Gasteiger partial charge is 0.223 e. The molecule has 1 aromatic heterocycles. The maximum absolute atomic E-state index is 11.3. The van der Waals surface area contributed by atoms with Crippen molar-refractivity contribution in [2.45, 2.75) is 27.3 Å². The van der Waals surface area contributed by atoms with Gasteiger partial charge in [-0.25, -0.2) is 4.98 Å². The third-order valence-corrected chi connectivity index (χ3v) is 3.63. The molecule has 2 aromatic rings. The Balaban J connectivity index is 2.30. The third kappa shape index (κ3) is 3.17. The van der Waals surface area contributed by atoms with E-state index in [0.717, 1.165) is 37.2 Å². The Morgan fingerprint density at radius 2 is 2.00 bits per heavy atom. The molecule has 1 amide bonds. The number of amides is 1. The van der Waals surface area contributed by atoms with Crippen molar-refractivity contribution in [3.8, 4) is 0 Å².